The largest absolute Gasteiger partial charge is 0.379 e. The number of aliphatic imine (C=N–C) groups is 1. The molecule has 2 aromatic rings. The van der Waals surface area contributed by atoms with Crippen LogP contribution in [0.25, 0.3) is 10.9 Å². The Bertz CT molecular complexity index is 795. The van der Waals surface area contributed by atoms with Gasteiger partial charge in [0, 0.05) is 48.8 Å². The maximum atomic E-state index is 13.3. The summed E-state index contributed by atoms with van der Waals surface area (Å²) in [5.41, 5.74) is 2.00. The van der Waals surface area contributed by atoms with Crippen LogP contribution in [0, 0.1) is 5.82 Å². The Morgan fingerprint density at radius 3 is 2.82 bits per heavy atom. The van der Waals surface area contributed by atoms with E-state index in [2.05, 4.69) is 41.3 Å². The van der Waals surface area contributed by atoms with E-state index in [4.69, 9.17) is 9.73 Å². The van der Waals surface area contributed by atoms with Crippen molar-refractivity contribution >= 4 is 16.9 Å². The van der Waals surface area contributed by atoms with Crippen LogP contribution in [-0.2, 0) is 11.2 Å². The van der Waals surface area contributed by atoms with E-state index in [0.29, 0.717) is 6.54 Å². The Hall–Kier alpha value is -2.12. The van der Waals surface area contributed by atoms with Crippen LogP contribution in [0.2, 0.25) is 0 Å². The zero-order valence-electron chi connectivity index (χ0n) is 17.1. The van der Waals surface area contributed by atoms with Crippen LogP contribution in [0.4, 0.5) is 4.39 Å². The highest BCUT2D eigenvalue weighted by Crippen LogP contribution is 2.19. The molecule has 0 spiro atoms. The van der Waals surface area contributed by atoms with Crippen molar-refractivity contribution in [1.29, 1.82) is 0 Å². The molecular weight excluding hydrogens is 357 g/mol. The normalized spacial score (nSPS) is 16.5. The highest BCUT2D eigenvalue weighted by atomic mass is 19.1. The van der Waals surface area contributed by atoms with Gasteiger partial charge in [0.1, 0.15) is 5.82 Å². The number of aromatic amines is 1. The molecule has 154 valence electrons. The van der Waals surface area contributed by atoms with Crippen LogP contribution < -0.4 is 10.6 Å². The second-order valence-electron chi connectivity index (χ2n) is 7.79. The summed E-state index contributed by atoms with van der Waals surface area (Å²) in [5, 5.41) is 7.81. The van der Waals surface area contributed by atoms with Crippen LogP contribution in [0.1, 0.15) is 26.3 Å². The fourth-order valence-electron chi connectivity index (χ4n) is 3.56. The fraction of sp³-hybridized carbons (Fsp3) is 0.571. The smallest absolute Gasteiger partial charge is 0.191 e. The number of ether oxygens (including phenoxy) is 1. The van der Waals surface area contributed by atoms with E-state index in [-0.39, 0.29) is 11.4 Å². The van der Waals surface area contributed by atoms with E-state index in [0.717, 1.165) is 62.7 Å². The van der Waals surface area contributed by atoms with Gasteiger partial charge in [-0.1, -0.05) is 0 Å². The summed E-state index contributed by atoms with van der Waals surface area (Å²) in [7, 11) is 0. The van der Waals surface area contributed by atoms with Gasteiger partial charge in [0.2, 0.25) is 0 Å². The standard InChI is InChI=1S/C21H32FN5O/c1-4-23-20(26-15-21(2,3)27-9-11-28-12-10-27)24-8-7-16-14-25-19-13-17(22)5-6-18(16)19/h5-6,13-14,25H,4,7-12,15H2,1-3H3,(H2,23,24,26). The second kappa shape index (κ2) is 9.39. The lowest BCUT2D eigenvalue weighted by atomic mass is 10.0. The Balaban J connectivity index is 1.56. The van der Waals surface area contributed by atoms with E-state index in [9.17, 15) is 4.39 Å². The highest BCUT2D eigenvalue weighted by Gasteiger charge is 2.28. The molecule has 0 aliphatic carbocycles. The van der Waals surface area contributed by atoms with Crippen molar-refractivity contribution in [3.05, 3.63) is 35.8 Å². The maximum Gasteiger partial charge on any atom is 0.191 e. The number of halogens is 1. The predicted octanol–water partition coefficient (Wildman–Crippen LogP) is 2.52. The van der Waals surface area contributed by atoms with Crippen molar-refractivity contribution < 1.29 is 9.13 Å². The Labute approximate surface area is 166 Å². The van der Waals surface area contributed by atoms with Gasteiger partial charge in [-0.2, -0.15) is 0 Å². The second-order valence-corrected chi connectivity index (χ2v) is 7.79. The van der Waals surface area contributed by atoms with Gasteiger partial charge < -0.3 is 20.4 Å². The van der Waals surface area contributed by atoms with Crippen LogP contribution in [0.15, 0.2) is 29.4 Å². The lowest BCUT2D eigenvalue weighted by Crippen LogP contribution is -2.52. The zero-order chi connectivity index (χ0) is 20.0. The molecule has 1 fully saturated rings. The van der Waals surface area contributed by atoms with Crippen LogP contribution in [0.3, 0.4) is 0 Å². The van der Waals surface area contributed by atoms with Gasteiger partial charge in [-0.3, -0.25) is 9.89 Å². The van der Waals surface area contributed by atoms with Gasteiger partial charge in [0.25, 0.3) is 0 Å². The molecular formula is C21H32FN5O. The summed E-state index contributed by atoms with van der Waals surface area (Å²) < 4.78 is 18.8. The van der Waals surface area contributed by atoms with E-state index >= 15 is 0 Å². The van der Waals surface area contributed by atoms with Crippen LogP contribution in [-0.4, -0.2) is 67.3 Å². The number of hydrogen-bond donors (Lipinski definition) is 3. The summed E-state index contributed by atoms with van der Waals surface area (Å²) in [5.74, 6) is 0.609. The molecule has 1 aliphatic rings. The molecule has 2 heterocycles. The van der Waals surface area contributed by atoms with Crippen LogP contribution >= 0.6 is 0 Å². The minimum Gasteiger partial charge on any atom is -0.379 e. The van der Waals surface area contributed by atoms with E-state index in [1.165, 1.54) is 17.7 Å². The molecule has 0 radical (unpaired) electrons. The van der Waals surface area contributed by atoms with E-state index < -0.39 is 0 Å². The molecule has 0 unspecified atom stereocenters. The van der Waals surface area contributed by atoms with Crippen LogP contribution in [0.5, 0.6) is 0 Å². The number of nitrogens with zero attached hydrogens (tertiary/aromatic N) is 2. The molecule has 3 N–H and O–H groups in total. The molecule has 7 heteroatoms. The number of H-pyrrole nitrogens is 1. The van der Waals surface area contributed by atoms with Crippen molar-refractivity contribution in [1.82, 2.24) is 20.5 Å². The maximum absolute atomic E-state index is 13.3. The first-order valence-corrected chi connectivity index (χ1v) is 10.1. The average molecular weight is 390 g/mol. The quantitative estimate of drug-likeness (QED) is 0.503. The molecule has 0 saturated carbocycles. The number of benzene rings is 1. The first kappa shape index (κ1) is 20.6. The number of morpholine rings is 1. The number of fused-ring (bicyclic) bond motifs is 1. The highest BCUT2D eigenvalue weighted by molar-refractivity contribution is 5.83. The summed E-state index contributed by atoms with van der Waals surface area (Å²) in [6, 6.07) is 4.87. The lowest BCUT2D eigenvalue weighted by molar-refractivity contribution is -0.00683. The molecule has 3 rings (SSSR count). The molecule has 1 saturated heterocycles. The summed E-state index contributed by atoms with van der Waals surface area (Å²) in [4.78, 5) is 10.4. The molecule has 1 aliphatic heterocycles. The Morgan fingerprint density at radius 1 is 1.29 bits per heavy atom. The minimum absolute atomic E-state index is 0.00690. The number of nitrogens with one attached hydrogen (secondary N) is 3. The third-order valence-corrected chi connectivity index (χ3v) is 5.25. The fourth-order valence-corrected chi connectivity index (χ4v) is 3.56. The van der Waals surface area contributed by atoms with Crippen molar-refractivity contribution in [3.8, 4) is 0 Å². The third kappa shape index (κ3) is 5.23. The Kier molecular flexibility index (Phi) is 6.91. The van der Waals surface area contributed by atoms with E-state index in [1.54, 1.807) is 0 Å². The molecule has 0 atom stereocenters. The SMILES string of the molecule is CCNC(=NCC(C)(C)N1CCOCC1)NCCc1c[nH]c2cc(F)ccc12. The zero-order valence-corrected chi connectivity index (χ0v) is 17.1. The lowest BCUT2D eigenvalue weighted by Gasteiger charge is -2.39. The van der Waals surface area contributed by atoms with Crippen molar-refractivity contribution in [3.63, 3.8) is 0 Å². The Morgan fingerprint density at radius 2 is 2.07 bits per heavy atom. The number of rotatable bonds is 7. The van der Waals surface area contributed by atoms with Gasteiger partial charge in [-0.15, -0.1) is 0 Å². The van der Waals surface area contributed by atoms with Crippen molar-refractivity contribution in [2.45, 2.75) is 32.7 Å². The molecule has 1 aromatic carbocycles. The van der Waals surface area contributed by atoms with Crippen molar-refractivity contribution in [2.24, 2.45) is 4.99 Å². The predicted molar refractivity (Wildman–Crippen MR) is 112 cm³/mol. The monoisotopic (exact) mass is 389 g/mol. The number of guanidine groups is 1. The van der Waals surface area contributed by atoms with Gasteiger partial charge in [-0.05, 0) is 51.0 Å². The minimum atomic E-state index is -0.219. The molecule has 1 aromatic heterocycles. The molecule has 0 amide bonds. The third-order valence-electron chi connectivity index (χ3n) is 5.25. The van der Waals surface area contributed by atoms with Gasteiger partial charge in [0.05, 0.1) is 19.8 Å². The summed E-state index contributed by atoms with van der Waals surface area (Å²) in [6.45, 7) is 12.3. The van der Waals surface area contributed by atoms with Gasteiger partial charge >= 0.3 is 0 Å². The molecule has 6 nitrogen and oxygen atoms in total. The van der Waals surface area contributed by atoms with Gasteiger partial charge in [-0.25, -0.2) is 4.39 Å². The van der Waals surface area contributed by atoms with Crippen molar-refractivity contribution in [2.75, 3.05) is 45.9 Å². The summed E-state index contributed by atoms with van der Waals surface area (Å²) in [6.07, 6.45) is 2.79. The first-order chi connectivity index (χ1) is 13.5. The molecule has 28 heavy (non-hydrogen) atoms. The average Bonchev–Trinajstić information content (AvgIpc) is 3.09. The van der Waals surface area contributed by atoms with E-state index in [1.807, 2.05) is 12.3 Å². The molecule has 0 bridgehead atoms. The number of aromatic nitrogens is 1. The summed E-state index contributed by atoms with van der Waals surface area (Å²) >= 11 is 0. The number of hydrogen-bond acceptors (Lipinski definition) is 3. The topological polar surface area (TPSA) is 64.7 Å². The first-order valence-electron chi connectivity index (χ1n) is 10.1. The van der Waals surface area contributed by atoms with Gasteiger partial charge in [0.15, 0.2) is 5.96 Å².